The predicted octanol–water partition coefficient (Wildman–Crippen LogP) is 7.21. The summed E-state index contributed by atoms with van der Waals surface area (Å²) in [6.45, 7) is 21.4. The molecule has 0 bridgehead atoms. The number of nitrogens with one attached hydrogen (secondary N) is 4. The molecule has 1 aliphatic heterocycles. The molecule has 0 saturated carbocycles. The van der Waals surface area contributed by atoms with Gasteiger partial charge >= 0.3 is 24.4 Å². The number of rotatable bonds is 5. The van der Waals surface area contributed by atoms with Gasteiger partial charge in [0.05, 0.1) is 6.20 Å². The second-order valence-corrected chi connectivity index (χ2v) is 17.6. The first-order valence-electron chi connectivity index (χ1n) is 17.9. The van der Waals surface area contributed by atoms with Crippen molar-refractivity contribution in [2.24, 2.45) is 9.98 Å². The van der Waals surface area contributed by atoms with E-state index >= 15 is 0 Å². The Kier molecular flexibility index (Phi) is 14.8. The van der Waals surface area contributed by atoms with E-state index in [0.29, 0.717) is 35.1 Å². The monoisotopic (exact) mass is 798 g/mol. The summed E-state index contributed by atoms with van der Waals surface area (Å²) in [5, 5.41) is 11.5. The Balaban J connectivity index is 1.64. The molecule has 2 heterocycles. The maximum atomic E-state index is 13.2. The number of anilines is 1. The number of ether oxygens (including phenoxy) is 4. The Bertz CT molecular complexity index is 1840. The molecule has 18 heteroatoms. The molecule has 4 N–H and O–H groups in total. The first-order valence-corrected chi connectivity index (χ1v) is 18.7. The van der Waals surface area contributed by atoms with Crippen molar-refractivity contribution in [3.8, 4) is 0 Å². The maximum Gasteiger partial charge on any atom is 0.437 e. The Hall–Kier alpha value is -5.52. The van der Waals surface area contributed by atoms with Gasteiger partial charge in [-0.2, -0.15) is 0 Å². The van der Waals surface area contributed by atoms with Gasteiger partial charge in [0.2, 0.25) is 11.9 Å². The molecule has 0 spiro atoms. The van der Waals surface area contributed by atoms with Crippen LogP contribution >= 0.6 is 11.3 Å². The third-order valence-corrected chi connectivity index (χ3v) is 7.68. The first kappa shape index (κ1) is 44.9. The van der Waals surface area contributed by atoms with Gasteiger partial charge in [0.1, 0.15) is 32.3 Å². The number of thiazole rings is 1. The van der Waals surface area contributed by atoms with Crippen LogP contribution in [0.3, 0.4) is 0 Å². The lowest BCUT2D eigenvalue weighted by Crippen LogP contribution is -2.48. The highest BCUT2D eigenvalue weighted by Gasteiger charge is 2.26. The summed E-state index contributed by atoms with van der Waals surface area (Å²) in [6, 6.07) is 6.94. The molecular weight excluding hydrogens is 745 g/mol. The molecule has 0 aliphatic carbocycles. The normalized spacial score (nSPS) is 14.2. The molecule has 1 aromatic heterocycles. The molecule has 0 fully saturated rings. The van der Waals surface area contributed by atoms with Gasteiger partial charge in [0.25, 0.3) is 5.91 Å². The van der Waals surface area contributed by atoms with E-state index < -0.39 is 46.8 Å². The average molecular weight is 799 g/mol. The average Bonchev–Trinajstić information content (AvgIpc) is 3.51. The highest BCUT2D eigenvalue weighted by Crippen LogP contribution is 2.27. The number of guanidine groups is 2. The SMILES string of the molecule is CC(C)(C)OC(=O)/N=C(/NCc1ccc(NC(=O)c2cnc(C3=CCN(/C(=N\C(=O)OC(C)(C)C)NC(=O)OC(C)(C)C)CC3)s2)cc1)NC(=O)OC(C)(C)C. The summed E-state index contributed by atoms with van der Waals surface area (Å²) in [5.41, 5.74) is -0.921. The topological polar surface area (TPSA) is 211 Å². The second-order valence-electron chi connectivity index (χ2n) is 16.6. The van der Waals surface area contributed by atoms with Crippen molar-refractivity contribution in [1.29, 1.82) is 0 Å². The number of aromatic nitrogens is 1. The van der Waals surface area contributed by atoms with E-state index in [0.717, 1.165) is 11.1 Å². The fourth-order valence-electron chi connectivity index (χ4n) is 4.50. The third-order valence-electron chi connectivity index (χ3n) is 6.60. The first-order chi connectivity index (χ1) is 25.7. The van der Waals surface area contributed by atoms with Crippen LogP contribution < -0.4 is 21.3 Å². The lowest BCUT2D eigenvalue weighted by atomic mass is 10.1. The number of benzene rings is 1. The van der Waals surface area contributed by atoms with Crippen molar-refractivity contribution in [2.45, 2.75) is 118 Å². The highest BCUT2D eigenvalue weighted by atomic mass is 32.1. The minimum Gasteiger partial charge on any atom is -0.444 e. The minimum absolute atomic E-state index is 0.00311. The summed E-state index contributed by atoms with van der Waals surface area (Å²) in [7, 11) is 0. The van der Waals surface area contributed by atoms with Gasteiger partial charge in [0.15, 0.2) is 0 Å². The standard InChI is InChI=1S/C38H54N8O9S/c1-35(2,3)52-31(48)42-29(43-32(49)53-36(4,5)6)40-21-23-13-15-25(16-14-23)41-27(47)26-22-39-28(56-26)24-17-19-46(20-18-24)30(44-33(50)54-37(7,8)9)45-34(51)55-38(10,11)12/h13-17,22H,18-21H2,1-12H3,(H,41,47)(H,44,45,50,51)(H2,40,42,43,48,49). The third kappa shape index (κ3) is 16.9. The van der Waals surface area contributed by atoms with Gasteiger partial charge in [-0.15, -0.1) is 21.3 Å². The lowest BCUT2D eigenvalue weighted by molar-refractivity contribution is 0.0539. The van der Waals surface area contributed by atoms with Gasteiger partial charge in [-0.05, 0) is 113 Å². The van der Waals surface area contributed by atoms with E-state index in [1.54, 1.807) is 112 Å². The van der Waals surface area contributed by atoms with Crippen LogP contribution in [-0.2, 0) is 25.5 Å². The van der Waals surface area contributed by atoms with Crippen molar-refractivity contribution in [3.63, 3.8) is 0 Å². The van der Waals surface area contributed by atoms with E-state index in [2.05, 4.69) is 36.2 Å². The van der Waals surface area contributed by atoms with Gasteiger partial charge in [-0.1, -0.05) is 18.2 Å². The molecule has 2 aromatic rings. The van der Waals surface area contributed by atoms with Crippen LogP contribution in [0.25, 0.3) is 5.57 Å². The second kappa shape index (κ2) is 18.4. The fraction of sp³-hybridized carbons (Fsp3) is 0.526. The number of carbonyl (C=O) groups is 5. The summed E-state index contributed by atoms with van der Waals surface area (Å²) >= 11 is 1.23. The molecule has 0 unspecified atom stereocenters. The zero-order valence-corrected chi connectivity index (χ0v) is 35.0. The Morgan fingerprint density at radius 2 is 1.29 bits per heavy atom. The van der Waals surface area contributed by atoms with Crippen molar-refractivity contribution in [3.05, 3.63) is 52.0 Å². The van der Waals surface area contributed by atoms with Crippen LogP contribution in [0.5, 0.6) is 0 Å². The van der Waals surface area contributed by atoms with E-state index in [9.17, 15) is 24.0 Å². The number of alkyl carbamates (subject to hydrolysis) is 2. The van der Waals surface area contributed by atoms with Crippen LogP contribution in [0, 0.1) is 0 Å². The van der Waals surface area contributed by atoms with Crippen LogP contribution in [0.15, 0.2) is 46.5 Å². The smallest absolute Gasteiger partial charge is 0.437 e. The summed E-state index contributed by atoms with van der Waals surface area (Å²) in [4.78, 5) is 77.4. The number of aliphatic imine (C=N–C) groups is 2. The Morgan fingerprint density at radius 3 is 1.80 bits per heavy atom. The van der Waals surface area contributed by atoms with Gasteiger partial charge in [-0.3, -0.25) is 15.4 Å². The molecule has 0 saturated heterocycles. The number of nitrogens with zero attached hydrogens (tertiary/aromatic N) is 4. The predicted molar refractivity (Wildman–Crippen MR) is 214 cm³/mol. The van der Waals surface area contributed by atoms with E-state index in [1.807, 2.05) is 6.08 Å². The van der Waals surface area contributed by atoms with Crippen LogP contribution in [-0.4, -0.2) is 87.6 Å². The van der Waals surface area contributed by atoms with E-state index in [-0.39, 0.29) is 24.4 Å². The number of hydrogen-bond donors (Lipinski definition) is 4. The number of hydrogen-bond acceptors (Lipinski definition) is 11. The largest absolute Gasteiger partial charge is 0.444 e. The number of amides is 5. The van der Waals surface area contributed by atoms with Crippen molar-refractivity contribution in [1.82, 2.24) is 25.8 Å². The molecule has 0 radical (unpaired) electrons. The molecule has 56 heavy (non-hydrogen) atoms. The van der Waals surface area contributed by atoms with E-state index in [1.165, 1.54) is 17.5 Å². The molecule has 5 amide bonds. The summed E-state index contributed by atoms with van der Waals surface area (Å²) in [5.74, 6) is -0.504. The van der Waals surface area contributed by atoms with Gasteiger partial charge in [0, 0.05) is 25.3 Å². The number of carbonyl (C=O) groups excluding carboxylic acids is 5. The zero-order chi connectivity index (χ0) is 42.1. The van der Waals surface area contributed by atoms with Gasteiger partial charge in [-0.25, -0.2) is 24.2 Å². The molecule has 306 valence electrons. The van der Waals surface area contributed by atoms with Crippen molar-refractivity contribution in [2.75, 3.05) is 18.4 Å². The molecule has 17 nitrogen and oxygen atoms in total. The molecule has 1 aliphatic rings. The van der Waals surface area contributed by atoms with Crippen LogP contribution in [0.2, 0.25) is 0 Å². The fourth-order valence-corrected chi connectivity index (χ4v) is 5.38. The quantitative estimate of drug-likeness (QED) is 0.134. The summed E-state index contributed by atoms with van der Waals surface area (Å²) in [6.07, 6.45) is 0.576. The van der Waals surface area contributed by atoms with Gasteiger partial charge < -0.3 is 34.5 Å². The zero-order valence-electron chi connectivity index (χ0n) is 34.2. The van der Waals surface area contributed by atoms with Crippen molar-refractivity contribution >= 4 is 64.8 Å². The van der Waals surface area contributed by atoms with Crippen molar-refractivity contribution < 1.29 is 42.9 Å². The highest BCUT2D eigenvalue weighted by molar-refractivity contribution is 7.14. The molecule has 0 atom stereocenters. The molecular formula is C38H54N8O9S. The summed E-state index contributed by atoms with van der Waals surface area (Å²) < 4.78 is 21.2. The van der Waals surface area contributed by atoms with Crippen LogP contribution in [0.4, 0.5) is 24.9 Å². The minimum atomic E-state index is -0.895. The molecule has 3 rings (SSSR count). The Labute approximate surface area is 331 Å². The Morgan fingerprint density at radius 1 is 0.750 bits per heavy atom. The van der Waals surface area contributed by atoms with Crippen LogP contribution in [0.1, 0.15) is 110 Å². The van der Waals surface area contributed by atoms with E-state index in [4.69, 9.17) is 18.9 Å². The maximum absolute atomic E-state index is 13.2. The lowest BCUT2D eigenvalue weighted by Gasteiger charge is -2.29. The molecule has 1 aromatic carbocycles.